The normalized spacial score (nSPS) is 40.3. The van der Waals surface area contributed by atoms with Gasteiger partial charge in [-0.25, -0.2) is 9.59 Å². The van der Waals surface area contributed by atoms with Crippen molar-refractivity contribution < 1.29 is 28.9 Å². The van der Waals surface area contributed by atoms with Crippen LogP contribution in [-0.4, -0.2) is 47.6 Å². The molecule has 0 saturated carbocycles. The average molecular weight is 318 g/mol. The van der Waals surface area contributed by atoms with Gasteiger partial charge in [-0.3, -0.25) is 0 Å². The van der Waals surface area contributed by atoms with Gasteiger partial charge in [0.2, 0.25) is 0 Å². The van der Waals surface area contributed by atoms with Crippen molar-refractivity contribution in [3.8, 4) is 0 Å². The summed E-state index contributed by atoms with van der Waals surface area (Å²) < 4.78 is 17.6. The van der Waals surface area contributed by atoms with E-state index in [4.69, 9.17) is 14.2 Å². The molecule has 7 atom stereocenters. The summed E-state index contributed by atoms with van der Waals surface area (Å²) in [5.41, 5.74) is -0.00812. The number of esters is 1. The van der Waals surface area contributed by atoms with Crippen molar-refractivity contribution in [2.75, 3.05) is 0 Å². The van der Waals surface area contributed by atoms with Gasteiger partial charge in [0.1, 0.15) is 12.2 Å². The van der Waals surface area contributed by atoms with E-state index in [-0.39, 0.29) is 47.4 Å². The van der Waals surface area contributed by atoms with Crippen LogP contribution in [0.4, 0.5) is 0 Å². The minimum absolute atomic E-state index is 0.0475. The average Bonchev–Trinajstić information content (AvgIpc) is 2.96. The zero-order valence-electron chi connectivity index (χ0n) is 12.8. The smallest absolute Gasteiger partial charge is 0.339 e. The van der Waals surface area contributed by atoms with Crippen LogP contribution in [0.5, 0.6) is 0 Å². The van der Waals surface area contributed by atoms with Gasteiger partial charge in [-0.05, 0) is 12.1 Å². The molecule has 122 valence electrons. The van der Waals surface area contributed by atoms with Gasteiger partial charge in [-0.2, -0.15) is 0 Å². The lowest BCUT2D eigenvalue weighted by atomic mass is 9.87. The SMILES string of the molecule is C[C@@H]1C2O[C@H]3[C@H](OC(=O)c4ccccc4C(=O)O)[C@H](O[C@H]31)[C@H]2C. The van der Waals surface area contributed by atoms with E-state index in [9.17, 15) is 14.7 Å². The number of carbonyl (C=O) groups excluding carboxylic acids is 1. The molecule has 4 aliphatic rings. The van der Waals surface area contributed by atoms with E-state index in [0.29, 0.717) is 0 Å². The van der Waals surface area contributed by atoms with Gasteiger partial charge < -0.3 is 19.3 Å². The Kier molecular flexibility index (Phi) is 3.21. The molecule has 0 aromatic heterocycles. The molecule has 4 fully saturated rings. The predicted molar refractivity (Wildman–Crippen MR) is 78.3 cm³/mol. The lowest BCUT2D eigenvalue weighted by molar-refractivity contribution is -0.152. The van der Waals surface area contributed by atoms with Crippen LogP contribution < -0.4 is 0 Å². The molecule has 4 heterocycles. The summed E-state index contributed by atoms with van der Waals surface area (Å²) in [6, 6.07) is 6.05. The van der Waals surface area contributed by atoms with Crippen molar-refractivity contribution in [3.05, 3.63) is 35.4 Å². The number of carboxylic acids is 1. The highest BCUT2D eigenvalue weighted by molar-refractivity contribution is 6.02. The van der Waals surface area contributed by atoms with Crippen LogP contribution in [0.2, 0.25) is 0 Å². The van der Waals surface area contributed by atoms with E-state index in [1.54, 1.807) is 12.1 Å². The van der Waals surface area contributed by atoms with Crippen LogP contribution >= 0.6 is 0 Å². The fourth-order valence-electron chi connectivity index (χ4n) is 4.16. The second-order valence-corrected chi connectivity index (χ2v) is 6.57. The van der Waals surface area contributed by atoms with Gasteiger partial charge in [0.25, 0.3) is 0 Å². The number of hydrogen-bond acceptors (Lipinski definition) is 5. The Morgan fingerprint density at radius 3 is 2.26 bits per heavy atom. The number of hydrogen-bond donors (Lipinski definition) is 1. The fraction of sp³-hybridized carbons (Fsp3) is 0.529. The molecule has 0 spiro atoms. The first-order valence-corrected chi connectivity index (χ1v) is 7.83. The summed E-state index contributed by atoms with van der Waals surface area (Å²) >= 11 is 0. The third-order valence-electron chi connectivity index (χ3n) is 5.29. The highest BCUT2D eigenvalue weighted by Gasteiger charge is 2.65. The maximum Gasteiger partial charge on any atom is 0.339 e. The first kappa shape index (κ1) is 14.7. The van der Waals surface area contributed by atoms with Gasteiger partial charge in [0, 0.05) is 11.8 Å². The highest BCUT2D eigenvalue weighted by Crippen LogP contribution is 2.50. The molecular weight excluding hydrogens is 300 g/mol. The van der Waals surface area contributed by atoms with E-state index >= 15 is 0 Å². The van der Waals surface area contributed by atoms with Crippen LogP contribution in [-0.2, 0) is 14.2 Å². The Morgan fingerprint density at radius 2 is 1.57 bits per heavy atom. The zero-order chi connectivity index (χ0) is 16.3. The summed E-state index contributed by atoms with van der Waals surface area (Å²) in [6.45, 7) is 4.13. The van der Waals surface area contributed by atoms with E-state index in [1.807, 2.05) is 6.92 Å². The molecule has 4 aliphatic heterocycles. The second kappa shape index (κ2) is 5.04. The molecule has 1 aromatic carbocycles. The van der Waals surface area contributed by atoms with Crippen LogP contribution in [0.15, 0.2) is 24.3 Å². The third-order valence-corrected chi connectivity index (χ3v) is 5.29. The molecule has 1 unspecified atom stereocenters. The maximum absolute atomic E-state index is 12.5. The minimum atomic E-state index is -1.15. The lowest BCUT2D eigenvalue weighted by Crippen LogP contribution is -2.49. The van der Waals surface area contributed by atoms with Crippen molar-refractivity contribution in [1.82, 2.24) is 0 Å². The molecule has 1 N–H and O–H groups in total. The zero-order valence-corrected chi connectivity index (χ0v) is 12.8. The Morgan fingerprint density at radius 1 is 0.957 bits per heavy atom. The Balaban J connectivity index is 1.58. The molecule has 5 rings (SSSR count). The van der Waals surface area contributed by atoms with E-state index in [1.165, 1.54) is 12.1 Å². The van der Waals surface area contributed by atoms with E-state index < -0.39 is 18.0 Å². The summed E-state index contributed by atoms with van der Waals surface area (Å²) in [4.78, 5) is 23.7. The van der Waals surface area contributed by atoms with Gasteiger partial charge in [-0.15, -0.1) is 0 Å². The number of ether oxygens (including phenoxy) is 3. The van der Waals surface area contributed by atoms with E-state index in [2.05, 4.69) is 6.92 Å². The predicted octanol–water partition coefficient (Wildman–Crippen LogP) is 1.73. The summed E-state index contributed by atoms with van der Waals surface area (Å²) in [5.74, 6) is -1.37. The van der Waals surface area contributed by atoms with E-state index in [0.717, 1.165) is 0 Å². The summed E-state index contributed by atoms with van der Waals surface area (Å²) in [6.07, 6.45) is -0.817. The molecule has 4 saturated heterocycles. The first-order chi connectivity index (χ1) is 11.0. The van der Waals surface area contributed by atoms with Crippen molar-refractivity contribution in [2.24, 2.45) is 11.8 Å². The number of aromatic carboxylic acids is 1. The summed E-state index contributed by atoms with van der Waals surface area (Å²) in [7, 11) is 0. The number of benzene rings is 1. The lowest BCUT2D eigenvalue weighted by Gasteiger charge is -2.38. The highest BCUT2D eigenvalue weighted by atomic mass is 16.6. The molecule has 0 amide bonds. The Bertz CT molecular complexity index is 667. The van der Waals surface area contributed by atoms with Gasteiger partial charge in [-0.1, -0.05) is 26.0 Å². The molecule has 6 heteroatoms. The molecule has 23 heavy (non-hydrogen) atoms. The first-order valence-electron chi connectivity index (χ1n) is 7.83. The molecule has 0 radical (unpaired) electrons. The van der Waals surface area contributed by atoms with Crippen molar-refractivity contribution >= 4 is 11.9 Å². The van der Waals surface area contributed by atoms with Crippen molar-refractivity contribution in [2.45, 2.75) is 44.4 Å². The van der Waals surface area contributed by atoms with Gasteiger partial charge >= 0.3 is 11.9 Å². The third kappa shape index (κ3) is 2.01. The topological polar surface area (TPSA) is 82.1 Å². The van der Waals surface area contributed by atoms with Crippen LogP contribution in [0.1, 0.15) is 34.6 Å². The van der Waals surface area contributed by atoms with Crippen molar-refractivity contribution in [3.63, 3.8) is 0 Å². The molecule has 4 bridgehead atoms. The molecular formula is C17H18O6. The quantitative estimate of drug-likeness (QED) is 0.855. The minimum Gasteiger partial charge on any atom is -0.478 e. The number of carboxylic acid groups (broad SMARTS) is 1. The standard InChI is InChI=1S/C17H18O6/c1-7-11-8(2)13-15(14(21-11)12(7)22-13)23-17(20)10-6-4-3-5-9(10)16(18)19/h3-8,11-15H,1-2H3,(H,18,19)/t7-,8+,11?,12+,13-,14-,15-/m1/s1. The number of carbonyl (C=O) groups is 2. The van der Waals surface area contributed by atoms with Crippen LogP contribution in [0, 0.1) is 11.8 Å². The Labute approximate surface area is 133 Å². The molecule has 1 aromatic rings. The monoisotopic (exact) mass is 318 g/mol. The maximum atomic E-state index is 12.5. The second-order valence-electron chi connectivity index (χ2n) is 6.57. The van der Waals surface area contributed by atoms with Crippen LogP contribution in [0.3, 0.4) is 0 Å². The number of rotatable bonds is 3. The molecule has 6 nitrogen and oxygen atoms in total. The Hall–Kier alpha value is -1.92. The summed E-state index contributed by atoms with van der Waals surface area (Å²) in [5, 5.41) is 9.21. The fourth-order valence-corrected chi connectivity index (χ4v) is 4.16. The van der Waals surface area contributed by atoms with Gasteiger partial charge in [0.15, 0.2) is 6.10 Å². The largest absolute Gasteiger partial charge is 0.478 e. The van der Waals surface area contributed by atoms with Crippen molar-refractivity contribution in [1.29, 1.82) is 0 Å². The van der Waals surface area contributed by atoms with Gasteiger partial charge in [0.05, 0.1) is 23.3 Å². The van der Waals surface area contributed by atoms with Crippen LogP contribution in [0.25, 0.3) is 0 Å². The molecule has 0 aliphatic carbocycles.